The van der Waals surface area contributed by atoms with Crippen molar-refractivity contribution in [1.82, 2.24) is 0 Å². The second kappa shape index (κ2) is 6.64. The summed E-state index contributed by atoms with van der Waals surface area (Å²) in [6.45, 7) is -1.97. The molecule has 0 aromatic carbocycles. The van der Waals surface area contributed by atoms with Crippen LogP contribution in [0.2, 0.25) is 0 Å². The van der Waals surface area contributed by atoms with Crippen LogP contribution < -0.4 is 0 Å². The Labute approximate surface area is 152 Å². The first-order valence-electron chi connectivity index (χ1n) is 6.75. The van der Waals surface area contributed by atoms with E-state index in [0.29, 0.717) is 0 Å². The largest absolute Gasteiger partial charge is 0.475 e. The summed E-state index contributed by atoms with van der Waals surface area (Å²) in [6.07, 6.45) is -7.77. The Morgan fingerprint density at radius 1 is 0.500 bits per heavy atom. The smallest absolute Gasteiger partial charge is 0.460 e. The molecule has 1 heterocycles. The van der Waals surface area contributed by atoms with E-state index >= 15 is 0 Å². The molecule has 2 nitrogen and oxygen atoms in total. The van der Waals surface area contributed by atoms with Crippen molar-refractivity contribution in [3.8, 4) is 0 Å². The molecule has 0 radical (unpaired) electrons. The highest BCUT2D eigenvalue weighted by molar-refractivity contribution is 5.86. The average molecular weight is 489 g/mol. The summed E-state index contributed by atoms with van der Waals surface area (Å²) in [7, 11) is 0. The molecular formula is C11H4F17NO. The van der Waals surface area contributed by atoms with Gasteiger partial charge < -0.3 is 4.74 Å². The van der Waals surface area contributed by atoms with E-state index in [1.54, 1.807) is 0 Å². The summed E-state index contributed by atoms with van der Waals surface area (Å²) in [5.41, 5.74) is 0. The lowest BCUT2D eigenvalue weighted by atomic mass is 9.89. The van der Waals surface area contributed by atoms with E-state index in [1.807, 2.05) is 0 Å². The third-order valence-corrected chi connectivity index (χ3v) is 3.58. The van der Waals surface area contributed by atoms with Gasteiger partial charge in [0.15, 0.2) is 0 Å². The quantitative estimate of drug-likeness (QED) is 0.438. The number of ether oxygens (including phenoxy) is 1. The Morgan fingerprint density at radius 2 is 0.833 bits per heavy atom. The molecule has 0 unspecified atom stereocenters. The highest BCUT2D eigenvalue weighted by atomic mass is 19.4. The minimum atomic E-state index is -8.64. The number of rotatable bonds is 7. The molecule has 0 atom stereocenters. The number of alkyl halides is 17. The summed E-state index contributed by atoms with van der Waals surface area (Å²) in [5.74, 6) is -59.5. The molecule has 0 saturated heterocycles. The zero-order valence-corrected chi connectivity index (χ0v) is 13.2. The molecule has 0 aliphatic carbocycles. The molecule has 0 aromatic heterocycles. The van der Waals surface area contributed by atoms with Gasteiger partial charge in [0, 0.05) is 0 Å². The van der Waals surface area contributed by atoms with Crippen molar-refractivity contribution in [2.24, 2.45) is 4.99 Å². The van der Waals surface area contributed by atoms with Crippen LogP contribution in [0.15, 0.2) is 4.99 Å². The monoisotopic (exact) mass is 489 g/mol. The maximum absolute atomic E-state index is 13.5. The summed E-state index contributed by atoms with van der Waals surface area (Å²) in [5, 5.41) is 0. The number of hydrogen-bond acceptors (Lipinski definition) is 2. The van der Waals surface area contributed by atoms with Crippen LogP contribution in [0, 0.1) is 0 Å². The van der Waals surface area contributed by atoms with Gasteiger partial charge in [-0.15, -0.1) is 0 Å². The Hall–Kier alpha value is -1.72. The lowest BCUT2D eigenvalue weighted by molar-refractivity contribution is -0.459. The van der Waals surface area contributed by atoms with Gasteiger partial charge in [-0.2, -0.15) is 74.6 Å². The van der Waals surface area contributed by atoms with E-state index in [0.717, 1.165) is 0 Å². The van der Waals surface area contributed by atoms with E-state index in [1.165, 1.54) is 0 Å². The fraction of sp³-hybridized carbons (Fsp3) is 0.909. The normalized spacial score (nSPS) is 18.4. The van der Waals surface area contributed by atoms with Crippen LogP contribution in [-0.4, -0.2) is 66.7 Å². The number of hydrogen-bond donors (Lipinski definition) is 0. The molecule has 0 saturated carbocycles. The molecule has 178 valence electrons. The zero-order valence-electron chi connectivity index (χ0n) is 13.2. The number of halogens is 17. The van der Waals surface area contributed by atoms with Gasteiger partial charge in [0.25, 0.3) is 5.90 Å². The standard InChI is InChI=1S/C11H4F17NO/c12-4(13,3-29-1-2-30-3)5(14,15)6(16,17)7(18,19)8(20,21)9(22,23)10(24,25)11(26,27)28/h1-2H2. The van der Waals surface area contributed by atoms with Gasteiger partial charge in [0.05, 0.1) is 6.54 Å². The topological polar surface area (TPSA) is 21.6 Å². The van der Waals surface area contributed by atoms with Gasteiger partial charge in [0.1, 0.15) is 6.61 Å². The second-order valence-electron chi connectivity index (χ2n) is 5.55. The Balaban J connectivity index is 3.63. The fourth-order valence-electron chi connectivity index (χ4n) is 1.82. The fourth-order valence-corrected chi connectivity index (χ4v) is 1.82. The van der Waals surface area contributed by atoms with E-state index in [4.69, 9.17) is 0 Å². The van der Waals surface area contributed by atoms with E-state index in [2.05, 4.69) is 9.73 Å². The number of nitrogens with zero attached hydrogens (tertiary/aromatic N) is 1. The summed E-state index contributed by atoms with van der Waals surface area (Å²) in [6, 6.07) is 0. The molecule has 0 bridgehead atoms. The van der Waals surface area contributed by atoms with E-state index in [9.17, 15) is 74.6 Å². The molecule has 0 spiro atoms. The highest BCUT2D eigenvalue weighted by Gasteiger charge is 2.95. The lowest BCUT2D eigenvalue weighted by Crippen LogP contribution is -2.75. The minimum absolute atomic E-state index is 0.949. The van der Waals surface area contributed by atoms with Gasteiger partial charge >= 0.3 is 47.6 Å². The SMILES string of the molecule is FC(F)(F)C(F)(F)C(F)(F)C(F)(F)C(F)(F)C(F)(F)C(F)(F)C(F)(F)C1=NCCO1. The lowest BCUT2D eigenvalue weighted by Gasteiger charge is -2.42. The van der Waals surface area contributed by atoms with Crippen LogP contribution in [0.1, 0.15) is 0 Å². The maximum Gasteiger partial charge on any atom is 0.460 e. The Bertz CT molecular complexity index is 690. The Morgan fingerprint density at radius 3 is 1.13 bits per heavy atom. The molecule has 19 heteroatoms. The van der Waals surface area contributed by atoms with Crippen molar-refractivity contribution in [2.45, 2.75) is 47.6 Å². The molecule has 1 rings (SSSR count). The van der Waals surface area contributed by atoms with Gasteiger partial charge in [-0.3, -0.25) is 0 Å². The van der Waals surface area contributed by atoms with Gasteiger partial charge in [-0.1, -0.05) is 0 Å². The van der Waals surface area contributed by atoms with Crippen molar-refractivity contribution in [2.75, 3.05) is 13.2 Å². The van der Waals surface area contributed by atoms with E-state index < -0.39 is 66.7 Å². The van der Waals surface area contributed by atoms with Crippen LogP contribution in [-0.2, 0) is 4.74 Å². The van der Waals surface area contributed by atoms with Gasteiger partial charge in [-0.25, -0.2) is 4.99 Å². The second-order valence-corrected chi connectivity index (χ2v) is 5.55. The van der Waals surface area contributed by atoms with Crippen molar-refractivity contribution in [3.63, 3.8) is 0 Å². The summed E-state index contributed by atoms with van der Waals surface area (Å²) >= 11 is 0. The molecule has 30 heavy (non-hydrogen) atoms. The Kier molecular flexibility index (Phi) is 5.82. The number of aliphatic imine (C=N–C) groups is 1. The first-order valence-corrected chi connectivity index (χ1v) is 6.75. The van der Waals surface area contributed by atoms with Crippen molar-refractivity contribution < 1.29 is 79.4 Å². The predicted molar refractivity (Wildman–Crippen MR) is 58.9 cm³/mol. The maximum atomic E-state index is 13.5. The summed E-state index contributed by atoms with van der Waals surface area (Å²) in [4.78, 5) is 2.33. The van der Waals surface area contributed by atoms with E-state index in [-0.39, 0.29) is 0 Å². The predicted octanol–water partition coefficient (Wildman–Crippen LogP) is 5.42. The van der Waals surface area contributed by atoms with Gasteiger partial charge in [0.2, 0.25) is 0 Å². The van der Waals surface area contributed by atoms with Crippen LogP contribution in [0.5, 0.6) is 0 Å². The molecule has 0 aromatic rings. The third kappa shape index (κ3) is 3.04. The minimum Gasteiger partial charge on any atom is -0.475 e. The molecule has 0 fully saturated rings. The molecule has 1 aliphatic rings. The average Bonchev–Trinajstić information content (AvgIpc) is 3.07. The highest BCUT2D eigenvalue weighted by Crippen LogP contribution is 2.64. The van der Waals surface area contributed by atoms with Crippen molar-refractivity contribution >= 4 is 5.90 Å². The van der Waals surface area contributed by atoms with Crippen LogP contribution in [0.3, 0.4) is 0 Å². The molecule has 0 N–H and O–H groups in total. The zero-order chi connectivity index (χ0) is 24.4. The van der Waals surface area contributed by atoms with Crippen molar-refractivity contribution in [1.29, 1.82) is 0 Å². The van der Waals surface area contributed by atoms with Crippen LogP contribution in [0.4, 0.5) is 74.6 Å². The van der Waals surface area contributed by atoms with Crippen LogP contribution >= 0.6 is 0 Å². The summed E-state index contributed by atoms with van der Waals surface area (Å²) < 4.78 is 224. The van der Waals surface area contributed by atoms with Crippen LogP contribution in [0.25, 0.3) is 0 Å². The molecule has 0 amide bonds. The first kappa shape index (κ1) is 26.3. The molecule has 1 aliphatic heterocycles. The first-order chi connectivity index (χ1) is 12.9. The molecular weight excluding hydrogens is 485 g/mol. The third-order valence-electron chi connectivity index (χ3n) is 3.58. The van der Waals surface area contributed by atoms with Crippen molar-refractivity contribution in [3.05, 3.63) is 0 Å². The van der Waals surface area contributed by atoms with Gasteiger partial charge in [-0.05, 0) is 0 Å².